The Balaban J connectivity index is 2.02. The molecule has 1 heterocycles. The monoisotopic (exact) mass is 262 g/mol. The zero-order valence-corrected chi connectivity index (χ0v) is 12.4. The van der Waals surface area contributed by atoms with Gasteiger partial charge in [-0.1, -0.05) is 24.1 Å². The molecule has 2 rings (SSSR count). The van der Waals surface area contributed by atoms with Crippen LogP contribution in [0.25, 0.3) is 0 Å². The van der Waals surface area contributed by atoms with Crippen molar-refractivity contribution in [2.45, 2.75) is 31.7 Å². The van der Waals surface area contributed by atoms with Crippen molar-refractivity contribution >= 4 is 0 Å². The lowest BCUT2D eigenvalue weighted by atomic mass is 9.87. The first-order valence-corrected chi connectivity index (χ1v) is 7.22. The summed E-state index contributed by atoms with van der Waals surface area (Å²) in [4.78, 5) is 2.46. The normalized spacial score (nSPS) is 24.4. The smallest absolute Gasteiger partial charge is 0.119 e. The molecule has 3 nitrogen and oxygen atoms in total. The van der Waals surface area contributed by atoms with Crippen molar-refractivity contribution in [2.24, 2.45) is 0 Å². The summed E-state index contributed by atoms with van der Waals surface area (Å²) in [6.45, 7) is 5.00. The molecule has 0 radical (unpaired) electrons. The van der Waals surface area contributed by atoms with Crippen LogP contribution in [0.3, 0.4) is 0 Å². The molecule has 0 amide bonds. The highest BCUT2D eigenvalue weighted by molar-refractivity contribution is 5.26. The van der Waals surface area contributed by atoms with Gasteiger partial charge in [-0.2, -0.15) is 0 Å². The first kappa shape index (κ1) is 14.4. The number of benzene rings is 1. The van der Waals surface area contributed by atoms with Crippen LogP contribution in [0.15, 0.2) is 24.3 Å². The fourth-order valence-corrected chi connectivity index (χ4v) is 2.87. The summed E-state index contributed by atoms with van der Waals surface area (Å²) >= 11 is 0. The van der Waals surface area contributed by atoms with Crippen molar-refractivity contribution in [3.63, 3.8) is 0 Å². The standard InChI is InChI=1S/C16H26N2O/c1-14-6-8-15(9-7-14)19-13-16(12-17-2)10-4-5-11-18(16)3/h6-9,17H,4-5,10-13H2,1-3H3. The molecule has 0 bridgehead atoms. The van der Waals surface area contributed by atoms with Gasteiger partial charge >= 0.3 is 0 Å². The van der Waals surface area contributed by atoms with E-state index in [4.69, 9.17) is 4.74 Å². The molecule has 1 aromatic carbocycles. The van der Waals surface area contributed by atoms with Crippen LogP contribution in [-0.4, -0.2) is 44.2 Å². The van der Waals surface area contributed by atoms with Crippen molar-refractivity contribution in [2.75, 3.05) is 33.8 Å². The zero-order chi connectivity index (χ0) is 13.7. The van der Waals surface area contributed by atoms with Crippen molar-refractivity contribution in [1.82, 2.24) is 10.2 Å². The van der Waals surface area contributed by atoms with Crippen LogP contribution in [0.5, 0.6) is 5.75 Å². The van der Waals surface area contributed by atoms with E-state index in [1.165, 1.54) is 31.4 Å². The van der Waals surface area contributed by atoms with E-state index in [0.29, 0.717) is 0 Å². The third kappa shape index (κ3) is 3.48. The Morgan fingerprint density at radius 2 is 2.00 bits per heavy atom. The summed E-state index contributed by atoms with van der Waals surface area (Å²) in [7, 11) is 4.24. The molecule has 19 heavy (non-hydrogen) atoms. The number of likely N-dealkylation sites (tertiary alicyclic amines) is 1. The van der Waals surface area contributed by atoms with Crippen LogP contribution in [0.2, 0.25) is 0 Å². The summed E-state index contributed by atoms with van der Waals surface area (Å²) in [5, 5.41) is 3.33. The molecule has 3 heteroatoms. The molecule has 106 valence electrons. The van der Waals surface area contributed by atoms with Gasteiger partial charge in [-0.25, -0.2) is 0 Å². The van der Waals surface area contributed by atoms with Crippen LogP contribution < -0.4 is 10.1 Å². The van der Waals surface area contributed by atoms with E-state index >= 15 is 0 Å². The number of piperidine rings is 1. The van der Waals surface area contributed by atoms with Crippen molar-refractivity contribution < 1.29 is 4.74 Å². The topological polar surface area (TPSA) is 24.5 Å². The minimum Gasteiger partial charge on any atom is -0.492 e. The largest absolute Gasteiger partial charge is 0.492 e. The summed E-state index contributed by atoms with van der Waals surface area (Å²) in [5.74, 6) is 0.972. The number of likely N-dealkylation sites (N-methyl/N-ethyl adjacent to an activating group) is 2. The lowest BCUT2D eigenvalue weighted by molar-refractivity contribution is 0.0287. The number of hydrogen-bond donors (Lipinski definition) is 1. The summed E-state index contributed by atoms with van der Waals surface area (Å²) < 4.78 is 6.05. The predicted octanol–water partition coefficient (Wildman–Crippen LogP) is 2.45. The van der Waals surface area contributed by atoms with Crippen LogP contribution >= 0.6 is 0 Å². The average Bonchev–Trinajstić information content (AvgIpc) is 2.42. The summed E-state index contributed by atoms with van der Waals surface area (Å²) in [5.41, 5.74) is 1.41. The molecule has 1 unspecified atom stereocenters. The van der Waals surface area contributed by atoms with Gasteiger partial charge in [0.15, 0.2) is 0 Å². The van der Waals surface area contributed by atoms with E-state index in [9.17, 15) is 0 Å². The molecule has 0 saturated carbocycles. The summed E-state index contributed by atoms with van der Waals surface area (Å²) in [6, 6.07) is 8.33. The molecule has 0 aromatic heterocycles. The second-order valence-electron chi connectivity index (χ2n) is 5.74. The van der Waals surface area contributed by atoms with Crippen LogP contribution in [0.4, 0.5) is 0 Å². The lowest BCUT2D eigenvalue weighted by Gasteiger charge is -2.45. The molecule has 1 aliphatic rings. The van der Waals surface area contributed by atoms with Crippen molar-refractivity contribution in [3.05, 3.63) is 29.8 Å². The third-order valence-electron chi connectivity index (χ3n) is 4.23. The average molecular weight is 262 g/mol. The molecule has 1 saturated heterocycles. The number of nitrogens with one attached hydrogen (secondary N) is 1. The van der Waals surface area contributed by atoms with Crippen LogP contribution in [0.1, 0.15) is 24.8 Å². The fourth-order valence-electron chi connectivity index (χ4n) is 2.87. The highest BCUT2D eigenvalue weighted by Crippen LogP contribution is 2.27. The van der Waals surface area contributed by atoms with E-state index in [1.54, 1.807) is 0 Å². The Bertz CT molecular complexity index is 386. The number of ether oxygens (including phenoxy) is 1. The number of rotatable bonds is 5. The Labute approximate surface area is 116 Å². The molecule has 1 aliphatic heterocycles. The highest BCUT2D eigenvalue weighted by atomic mass is 16.5. The molecule has 0 aliphatic carbocycles. The Morgan fingerprint density at radius 3 is 2.63 bits per heavy atom. The van der Waals surface area contributed by atoms with Crippen molar-refractivity contribution in [1.29, 1.82) is 0 Å². The first-order valence-electron chi connectivity index (χ1n) is 7.22. The van der Waals surface area contributed by atoms with Gasteiger partial charge < -0.3 is 10.1 Å². The molecular weight excluding hydrogens is 236 g/mol. The van der Waals surface area contributed by atoms with E-state index in [1.807, 2.05) is 7.05 Å². The Morgan fingerprint density at radius 1 is 1.26 bits per heavy atom. The molecule has 0 spiro atoms. The van der Waals surface area contributed by atoms with E-state index in [2.05, 4.69) is 48.5 Å². The summed E-state index contributed by atoms with van der Waals surface area (Å²) in [6.07, 6.45) is 3.80. The maximum absolute atomic E-state index is 6.05. The highest BCUT2D eigenvalue weighted by Gasteiger charge is 2.36. The molecule has 1 N–H and O–H groups in total. The predicted molar refractivity (Wildman–Crippen MR) is 79.8 cm³/mol. The SMILES string of the molecule is CNCC1(COc2ccc(C)cc2)CCCCN1C. The van der Waals surface area contributed by atoms with E-state index in [0.717, 1.165) is 18.9 Å². The Kier molecular flexibility index (Phi) is 4.83. The lowest BCUT2D eigenvalue weighted by Crippen LogP contribution is -2.58. The maximum atomic E-state index is 6.05. The van der Waals surface area contributed by atoms with Gasteiger partial charge in [0, 0.05) is 6.54 Å². The van der Waals surface area contributed by atoms with Gasteiger partial charge in [-0.3, -0.25) is 4.90 Å². The molecular formula is C16H26N2O. The van der Waals surface area contributed by atoms with E-state index in [-0.39, 0.29) is 5.54 Å². The van der Waals surface area contributed by atoms with E-state index < -0.39 is 0 Å². The van der Waals surface area contributed by atoms with Crippen LogP contribution in [0, 0.1) is 6.92 Å². The van der Waals surface area contributed by atoms with Gasteiger partial charge in [0.25, 0.3) is 0 Å². The Hall–Kier alpha value is -1.06. The van der Waals surface area contributed by atoms with Gasteiger partial charge in [-0.05, 0) is 52.5 Å². The van der Waals surface area contributed by atoms with Gasteiger partial charge in [0.1, 0.15) is 12.4 Å². The minimum absolute atomic E-state index is 0.137. The molecule has 1 fully saturated rings. The minimum atomic E-state index is 0.137. The fraction of sp³-hybridized carbons (Fsp3) is 0.625. The quantitative estimate of drug-likeness (QED) is 0.882. The van der Waals surface area contributed by atoms with Gasteiger partial charge in [0.2, 0.25) is 0 Å². The third-order valence-corrected chi connectivity index (χ3v) is 4.23. The number of hydrogen-bond acceptors (Lipinski definition) is 3. The van der Waals surface area contributed by atoms with Crippen LogP contribution in [-0.2, 0) is 0 Å². The number of aryl methyl sites for hydroxylation is 1. The second-order valence-corrected chi connectivity index (χ2v) is 5.74. The maximum Gasteiger partial charge on any atom is 0.119 e. The second kappa shape index (κ2) is 6.40. The van der Waals surface area contributed by atoms with Gasteiger partial charge in [0.05, 0.1) is 5.54 Å². The number of nitrogens with zero attached hydrogens (tertiary/aromatic N) is 1. The zero-order valence-electron chi connectivity index (χ0n) is 12.4. The molecule has 1 atom stereocenters. The van der Waals surface area contributed by atoms with Gasteiger partial charge in [-0.15, -0.1) is 0 Å². The molecule has 1 aromatic rings. The first-order chi connectivity index (χ1) is 9.16. The van der Waals surface area contributed by atoms with Crippen molar-refractivity contribution in [3.8, 4) is 5.75 Å².